The van der Waals surface area contributed by atoms with Gasteiger partial charge in [-0.05, 0) is 62.6 Å². The molecule has 4 aliphatic rings. The number of piperidine rings is 1. The van der Waals surface area contributed by atoms with Crippen molar-refractivity contribution in [2.45, 2.75) is 82.7 Å². The number of halogens is 3. The highest BCUT2D eigenvalue weighted by Gasteiger charge is 2.43. The van der Waals surface area contributed by atoms with E-state index in [1.165, 1.54) is 35.4 Å². The molecule has 2 saturated carbocycles. The first-order valence-corrected chi connectivity index (χ1v) is 34.8. The van der Waals surface area contributed by atoms with E-state index in [1.807, 2.05) is 35.2 Å². The summed E-state index contributed by atoms with van der Waals surface area (Å²) in [6.07, 6.45) is 9.00. The minimum atomic E-state index is -1.31. The molecule has 0 atom stereocenters. The first-order valence-electron chi connectivity index (χ1n) is 34.8. The molecule has 6 heterocycles. The largest absolute Gasteiger partial charge is 0.494 e. The number of carbonyl (C=O) groups is 5. The van der Waals surface area contributed by atoms with E-state index in [4.69, 9.17) is 42.6 Å². The van der Waals surface area contributed by atoms with Crippen LogP contribution in [0.3, 0.4) is 0 Å². The summed E-state index contributed by atoms with van der Waals surface area (Å²) in [4.78, 5) is 87.0. The van der Waals surface area contributed by atoms with Gasteiger partial charge in [0.1, 0.15) is 23.6 Å². The molecular weight excluding hydrogens is 1350 g/mol. The first-order chi connectivity index (χ1) is 50.2. The van der Waals surface area contributed by atoms with Crippen molar-refractivity contribution in [3.63, 3.8) is 0 Å². The number of likely N-dealkylation sites (tertiary alicyclic amines) is 1. The average molecular weight is 1440 g/mol. The number of H-pyrrole nitrogens is 1. The van der Waals surface area contributed by atoms with E-state index in [0.29, 0.717) is 165 Å². The number of piperazine rings is 1. The van der Waals surface area contributed by atoms with E-state index in [0.717, 1.165) is 56.8 Å². The molecule has 2 aliphatic carbocycles. The van der Waals surface area contributed by atoms with Gasteiger partial charge in [-0.15, -0.1) is 10.2 Å². The van der Waals surface area contributed by atoms with Crippen molar-refractivity contribution in [1.82, 2.24) is 64.6 Å². The maximum absolute atomic E-state index is 13.9. The maximum atomic E-state index is 13.9. The van der Waals surface area contributed by atoms with Crippen LogP contribution in [0.1, 0.15) is 83.6 Å². The lowest BCUT2D eigenvalue weighted by Crippen LogP contribution is -2.58. The summed E-state index contributed by atoms with van der Waals surface area (Å²) in [6, 6.07) is 12.3. The number of aliphatic hydroxyl groups excluding tert-OH is 1. The average Bonchev–Trinajstić information content (AvgIpc) is 1.65. The zero-order valence-corrected chi connectivity index (χ0v) is 57.8. The summed E-state index contributed by atoms with van der Waals surface area (Å²) >= 11 is 0. The summed E-state index contributed by atoms with van der Waals surface area (Å²) < 4.78 is 98.1. The van der Waals surface area contributed by atoms with Crippen molar-refractivity contribution >= 4 is 46.0 Å². The molecule has 30 nitrogen and oxygen atoms in total. The van der Waals surface area contributed by atoms with Crippen LogP contribution in [-0.4, -0.2) is 277 Å². The van der Waals surface area contributed by atoms with E-state index in [9.17, 15) is 47.5 Å². The molecule has 3 amide bonds. The van der Waals surface area contributed by atoms with Crippen LogP contribution in [0.4, 0.5) is 13.2 Å². The van der Waals surface area contributed by atoms with Gasteiger partial charge in [-0.3, -0.25) is 28.9 Å². The molecule has 4 aromatic heterocycles. The number of aromatic nitrogens is 8. The van der Waals surface area contributed by atoms with Crippen LogP contribution in [0, 0.1) is 34.7 Å². The van der Waals surface area contributed by atoms with Gasteiger partial charge in [-0.25, -0.2) is 27.8 Å². The number of nitriles is 1. The summed E-state index contributed by atoms with van der Waals surface area (Å²) in [7, 11) is 1.44. The second-order valence-electron chi connectivity index (χ2n) is 25.1. The topological polar surface area (TPSA) is 337 Å². The molecule has 0 spiro atoms. The minimum absolute atomic E-state index is 0.0500. The second kappa shape index (κ2) is 39.8. The van der Waals surface area contributed by atoms with Crippen molar-refractivity contribution in [3.8, 4) is 23.4 Å². The number of methoxy groups -OCH3 is 1. The fourth-order valence-corrected chi connectivity index (χ4v) is 12.3. The summed E-state index contributed by atoms with van der Waals surface area (Å²) in [5.41, 5.74) is 3.45. The van der Waals surface area contributed by atoms with Crippen LogP contribution in [0.25, 0.3) is 22.3 Å². The molecular formula is C70H89F3N14O16. The van der Waals surface area contributed by atoms with Crippen LogP contribution >= 0.6 is 0 Å². The molecule has 0 radical (unpaired) electrons. The Balaban J connectivity index is 0.523. The number of esters is 1. The molecule has 2 aliphatic heterocycles. The zero-order valence-electron chi connectivity index (χ0n) is 57.8. The third-order valence-electron chi connectivity index (χ3n) is 18.1. The first kappa shape index (κ1) is 77.0. The number of rotatable bonds is 43. The second-order valence-corrected chi connectivity index (χ2v) is 25.1. The number of ether oxygens (including phenoxy) is 10. The Morgan fingerprint density at radius 3 is 1.96 bits per heavy atom. The highest BCUT2D eigenvalue weighted by Crippen LogP contribution is 2.36. The normalized spacial score (nSPS) is 17.7. The van der Waals surface area contributed by atoms with Gasteiger partial charge >= 0.3 is 5.97 Å². The molecule has 556 valence electrons. The standard InChI is InChI=1S/C70H89F3N14O16/c1-94-60-44-76-67(63-62(60)57(43-75-63)64(90)70(93)84-13-8-49(9-14-84)56(42-74)48-6-3-2-4-7-48)87-47-77-66(80-87)68(91)78-52-40-54(41-52)86(69(92)50-36-55(88)37-50)12-5-11-82-15-17-83(18-16-82)19-22-96-25-28-99-32-33-101-34-35-102-46-53-45-85(81-79-53)20-23-97-26-29-100-31-30-98-27-24-95-21-10-61(89)103-65-58(72)38-51(71)39-59(65)73/h2-4,6-7,38-39,43-45,47,50,52,54-55,75,88H,5,8-37,40-41,46H2,1H3,(H,78,91). The van der Waals surface area contributed by atoms with E-state index in [1.54, 1.807) is 10.9 Å². The van der Waals surface area contributed by atoms with Gasteiger partial charge in [0, 0.05) is 88.7 Å². The monoisotopic (exact) mass is 1440 g/mol. The SMILES string of the molecule is COc1cnc(-n2cnc(C(=O)NC3CC(N(CCCN4CCN(CCOCCOCCOCCOCc5cn(CCOCCOCCOCCOCCC(=O)Oc6c(F)cc(F)cc6F)nn5)CC4)C(=O)C4CC(O)C4)C3)n2)c2[nH]cc(C(=O)C(=O)N3CCC(=C(C#N)c4ccccc4)CC3)c12. The maximum Gasteiger partial charge on any atom is 0.313 e. The number of allylic oxidation sites excluding steroid dienone is 1. The van der Waals surface area contributed by atoms with Crippen LogP contribution < -0.4 is 14.8 Å². The molecule has 10 rings (SSSR count). The summed E-state index contributed by atoms with van der Waals surface area (Å²) in [5.74, 6) is -7.34. The minimum Gasteiger partial charge on any atom is -0.494 e. The molecule has 2 aromatic carbocycles. The number of fused-ring (bicyclic) bond motifs is 1. The van der Waals surface area contributed by atoms with E-state index >= 15 is 0 Å². The third-order valence-corrected chi connectivity index (χ3v) is 18.1. The number of nitrogens with zero attached hydrogens (tertiary/aromatic N) is 12. The Labute approximate surface area is 593 Å². The molecule has 0 bridgehead atoms. The van der Waals surface area contributed by atoms with Crippen LogP contribution in [0.5, 0.6) is 11.5 Å². The predicted molar refractivity (Wildman–Crippen MR) is 361 cm³/mol. The number of hydrogen-bond acceptors (Lipinski definition) is 24. The molecule has 33 heteroatoms. The highest BCUT2D eigenvalue weighted by atomic mass is 19.1. The molecule has 4 fully saturated rings. The number of hydrogen-bond donors (Lipinski definition) is 3. The molecule has 2 saturated heterocycles. The number of amides is 3. The van der Waals surface area contributed by atoms with Gasteiger partial charge in [0.2, 0.25) is 17.5 Å². The van der Waals surface area contributed by atoms with E-state index < -0.39 is 52.9 Å². The summed E-state index contributed by atoms with van der Waals surface area (Å²) in [6.45, 7) is 12.5. The van der Waals surface area contributed by atoms with Crippen molar-refractivity contribution in [1.29, 1.82) is 5.26 Å². The lowest BCUT2D eigenvalue weighted by Gasteiger charge is -2.46. The third kappa shape index (κ3) is 22.4. The lowest BCUT2D eigenvalue weighted by molar-refractivity contribution is -0.147. The Bertz CT molecular complexity index is 3780. The number of carbonyl (C=O) groups excluding carboxylic acids is 5. The number of aliphatic hydroxyl groups is 1. The molecule has 0 unspecified atom stereocenters. The van der Waals surface area contributed by atoms with Crippen molar-refractivity contribution in [3.05, 3.63) is 113 Å². The van der Waals surface area contributed by atoms with Gasteiger partial charge in [0.05, 0.1) is 172 Å². The van der Waals surface area contributed by atoms with Crippen molar-refractivity contribution < 1.29 is 89.6 Å². The van der Waals surface area contributed by atoms with E-state index in [-0.39, 0.29) is 92.8 Å². The molecule has 103 heavy (non-hydrogen) atoms. The predicted octanol–water partition coefficient (Wildman–Crippen LogP) is 4.14. The van der Waals surface area contributed by atoms with Crippen LogP contribution in [-0.2, 0) is 65.4 Å². The quantitative estimate of drug-likeness (QED) is 0.0121. The van der Waals surface area contributed by atoms with E-state index in [2.05, 4.69) is 56.3 Å². The summed E-state index contributed by atoms with van der Waals surface area (Å²) in [5, 5.41) is 36.0. The number of Topliss-reactive ketones (excluding diaryl/α,β-unsaturated/α-hetero) is 1. The molecule has 6 aromatic rings. The number of nitrogens with one attached hydrogen (secondary N) is 2. The lowest BCUT2D eigenvalue weighted by atomic mass is 9.79. The highest BCUT2D eigenvalue weighted by molar-refractivity contribution is 6.45. The van der Waals surface area contributed by atoms with Gasteiger partial charge in [-0.2, -0.15) is 9.94 Å². The molecule has 3 N–H and O–H groups in total. The zero-order chi connectivity index (χ0) is 72.3. The smallest absolute Gasteiger partial charge is 0.313 e. The number of aromatic amines is 1. The number of benzene rings is 2. The van der Waals surface area contributed by atoms with Gasteiger partial charge in [0.15, 0.2) is 17.5 Å². The van der Waals surface area contributed by atoms with Crippen LogP contribution in [0.15, 0.2) is 73.0 Å². The van der Waals surface area contributed by atoms with Gasteiger partial charge in [-0.1, -0.05) is 35.5 Å². The number of pyridine rings is 1. The Morgan fingerprint density at radius 1 is 0.738 bits per heavy atom. The Morgan fingerprint density at radius 2 is 1.34 bits per heavy atom. The van der Waals surface area contributed by atoms with Gasteiger partial charge in [0.25, 0.3) is 17.6 Å². The fourth-order valence-electron chi connectivity index (χ4n) is 12.3. The number of ketones is 1. The van der Waals surface area contributed by atoms with Crippen molar-refractivity contribution in [2.24, 2.45) is 5.92 Å². The Kier molecular flexibility index (Phi) is 29.8. The van der Waals surface area contributed by atoms with Gasteiger partial charge < -0.3 is 77.5 Å². The fraction of sp³-hybridized carbons (Fsp3) is 0.557. The van der Waals surface area contributed by atoms with Crippen molar-refractivity contribution in [2.75, 3.05) is 165 Å². The van der Waals surface area contributed by atoms with Crippen LogP contribution in [0.2, 0.25) is 0 Å². The Hall–Kier alpha value is -8.66.